The van der Waals surface area contributed by atoms with Crippen LogP contribution in [0, 0.1) is 13.8 Å². The molecule has 27 heavy (non-hydrogen) atoms. The molecule has 2 heterocycles. The molecule has 2 aromatic carbocycles. The second-order valence-corrected chi connectivity index (χ2v) is 6.75. The summed E-state index contributed by atoms with van der Waals surface area (Å²) in [6.45, 7) is 5.75. The fraction of sp³-hybridized carbons (Fsp3) is 0.182. The van der Waals surface area contributed by atoms with E-state index in [1.165, 1.54) is 11.1 Å². The number of hydrogen-bond donors (Lipinski definition) is 1. The SMILES string of the molecule is Cc1cc(C)n(-c2cccc(CNCc3ccc(-n4ccnc4)cc3)c2)n1. The molecule has 0 aliphatic carbocycles. The Morgan fingerprint density at radius 3 is 2.41 bits per heavy atom. The second kappa shape index (κ2) is 7.60. The molecule has 0 unspecified atom stereocenters. The number of imidazole rings is 1. The predicted molar refractivity (Wildman–Crippen MR) is 107 cm³/mol. The number of aromatic nitrogens is 4. The maximum atomic E-state index is 4.57. The molecule has 0 aliphatic heterocycles. The van der Waals surface area contributed by atoms with Crippen LogP contribution in [0.2, 0.25) is 0 Å². The summed E-state index contributed by atoms with van der Waals surface area (Å²) in [6, 6.07) is 19.1. The molecule has 5 nitrogen and oxygen atoms in total. The Labute approximate surface area is 159 Å². The molecule has 0 saturated heterocycles. The van der Waals surface area contributed by atoms with Gasteiger partial charge in [0, 0.05) is 36.9 Å². The first-order valence-electron chi connectivity index (χ1n) is 9.09. The van der Waals surface area contributed by atoms with Crippen molar-refractivity contribution < 1.29 is 0 Å². The van der Waals surface area contributed by atoms with Crippen LogP contribution < -0.4 is 5.32 Å². The van der Waals surface area contributed by atoms with Gasteiger partial charge in [-0.15, -0.1) is 0 Å². The van der Waals surface area contributed by atoms with Crippen LogP contribution in [0.15, 0.2) is 73.3 Å². The van der Waals surface area contributed by atoms with E-state index >= 15 is 0 Å². The minimum Gasteiger partial charge on any atom is -0.309 e. The third-order valence-electron chi connectivity index (χ3n) is 4.56. The lowest BCUT2D eigenvalue weighted by Gasteiger charge is -2.09. The van der Waals surface area contributed by atoms with Crippen LogP contribution in [-0.4, -0.2) is 19.3 Å². The zero-order valence-corrected chi connectivity index (χ0v) is 15.6. The van der Waals surface area contributed by atoms with Gasteiger partial charge in [0.1, 0.15) is 0 Å². The summed E-state index contributed by atoms with van der Waals surface area (Å²) >= 11 is 0. The summed E-state index contributed by atoms with van der Waals surface area (Å²) in [5.41, 5.74) is 6.91. The quantitative estimate of drug-likeness (QED) is 0.568. The highest BCUT2D eigenvalue weighted by Gasteiger charge is 2.04. The van der Waals surface area contributed by atoms with Crippen molar-refractivity contribution in [3.8, 4) is 11.4 Å². The van der Waals surface area contributed by atoms with E-state index in [4.69, 9.17) is 0 Å². The van der Waals surface area contributed by atoms with Crippen LogP contribution in [0.1, 0.15) is 22.5 Å². The Hall–Kier alpha value is -3.18. The van der Waals surface area contributed by atoms with Crippen molar-refractivity contribution in [2.45, 2.75) is 26.9 Å². The molecule has 0 atom stereocenters. The van der Waals surface area contributed by atoms with Crippen molar-refractivity contribution in [3.63, 3.8) is 0 Å². The van der Waals surface area contributed by atoms with Gasteiger partial charge in [-0.05, 0) is 55.3 Å². The van der Waals surface area contributed by atoms with Gasteiger partial charge in [0.15, 0.2) is 0 Å². The van der Waals surface area contributed by atoms with Crippen molar-refractivity contribution in [2.75, 3.05) is 0 Å². The van der Waals surface area contributed by atoms with Gasteiger partial charge in [-0.2, -0.15) is 5.10 Å². The van der Waals surface area contributed by atoms with Crippen LogP contribution in [-0.2, 0) is 13.1 Å². The number of nitrogens with one attached hydrogen (secondary N) is 1. The minimum absolute atomic E-state index is 0.816. The van der Waals surface area contributed by atoms with Crippen molar-refractivity contribution in [3.05, 3.63) is 95.8 Å². The maximum absolute atomic E-state index is 4.57. The van der Waals surface area contributed by atoms with E-state index in [-0.39, 0.29) is 0 Å². The van der Waals surface area contributed by atoms with Gasteiger partial charge in [-0.3, -0.25) is 0 Å². The molecule has 0 saturated carbocycles. The third kappa shape index (κ3) is 3.99. The van der Waals surface area contributed by atoms with Crippen LogP contribution in [0.3, 0.4) is 0 Å². The van der Waals surface area contributed by atoms with Gasteiger partial charge < -0.3 is 9.88 Å². The minimum atomic E-state index is 0.816. The number of benzene rings is 2. The van der Waals surface area contributed by atoms with E-state index in [0.717, 1.165) is 35.9 Å². The Morgan fingerprint density at radius 1 is 0.889 bits per heavy atom. The predicted octanol–water partition coefficient (Wildman–Crippen LogP) is 3.96. The lowest BCUT2D eigenvalue weighted by atomic mass is 10.1. The molecule has 0 radical (unpaired) electrons. The fourth-order valence-corrected chi connectivity index (χ4v) is 3.24. The molecule has 1 N–H and O–H groups in total. The van der Waals surface area contributed by atoms with Crippen molar-refractivity contribution >= 4 is 0 Å². The Balaban J connectivity index is 1.38. The van der Waals surface area contributed by atoms with Crippen LogP contribution >= 0.6 is 0 Å². The summed E-state index contributed by atoms with van der Waals surface area (Å²) in [5, 5.41) is 8.09. The Bertz CT molecular complexity index is 1010. The van der Waals surface area contributed by atoms with Crippen molar-refractivity contribution in [1.82, 2.24) is 24.6 Å². The molecular weight excluding hydrogens is 334 g/mol. The number of rotatable bonds is 6. The Morgan fingerprint density at radius 2 is 1.70 bits per heavy atom. The first-order valence-corrected chi connectivity index (χ1v) is 9.09. The van der Waals surface area contributed by atoms with E-state index in [1.807, 2.05) is 28.7 Å². The van der Waals surface area contributed by atoms with Crippen LogP contribution in [0.25, 0.3) is 11.4 Å². The average molecular weight is 357 g/mol. The molecule has 0 aliphatic rings. The standard InChI is InChI=1S/C22H23N5/c1-17-12-18(2)27(25-17)22-5-3-4-20(13-22)15-24-14-19-6-8-21(9-7-19)26-11-10-23-16-26/h3-13,16,24H,14-15H2,1-2H3. The normalized spacial score (nSPS) is 11.0. The molecule has 4 aromatic rings. The largest absolute Gasteiger partial charge is 0.309 e. The summed E-state index contributed by atoms with van der Waals surface area (Å²) in [7, 11) is 0. The molecule has 0 amide bonds. The van der Waals surface area contributed by atoms with Gasteiger partial charge in [0.05, 0.1) is 17.7 Å². The van der Waals surface area contributed by atoms with E-state index in [2.05, 4.69) is 76.9 Å². The van der Waals surface area contributed by atoms with Gasteiger partial charge in [0.25, 0.3) is 0 Å². The van der Waals surface area contributed by atoms with Gasteiger partial charge in [-0.1, -0.05) is 24.3 Å². The summed E-state index contributed by atoms with van der Waals surface area (Å²) in [6.07, 6.45) is 5.54. The molecule has 2 aromatic heterocycles. The summed E-state index contributed by atoms with van der Waals surface area (Å²) in [5.74, 6) is 0. The van der Waals surface area contributed by atoms with E-state index in [1.54, 1.807) is 6.20 Å². The monoisotopic (exact) mass is 357 g/mol. The number of hydrogen-bond acceptors (Lipinski definition) is 3. The first-order chi connectivity index (χ1) is 13.2. The van der Waals surface area contributed by atoms with Gasteiger partial charge in [0.2, 0.25) is 0 Å². The molecule has 136 valence electrons. The third-order valence-corrected chi connectivity index (χ3v) is 4.56. The molecule has 5 heteroatoms. The second-order valence-electron chi connectivity index (χ2n) is 6.75. The van der Waals surface area contributed by atoms with E-state index in [0.29, 0.717) is 0 Å². The number of nitrogens with zero attached hydrogens (tertiary/aromatic N) is 4. The molecular formula is C22H23N5. The van der Waals surface area contributed by atoms with Crippen LogP contribution in [0.5, 0.6) is 0 Å². The lowest BCUT2D eigenvalue weighted by Crippen LogP contribution is -2.13. The smallest absolute Gasteiger partial charge is 0.0991 e. The highest BCUT2D eigenvalue weighted by Crippen LogP contribution is 2.14. The highest BCUT2D eigenvalue weighted by atomic mass is 15.3. The maximum Gasteiger partial charge on any atom is 0.0991 e. The zero-order valence-electron chi connectivity index (χ0n) is 15.6. The fourth-order valence-electron chi connectivity index (χ4n) is 3.24. The summed E-state index contributed by atoms with van der Waals surface area (Å²) < 4.78 is 4.00. The molecule has 0 fully saturated rings. The van der Waals surface area contributed by atoms with E-state index in [9.17, 15) is 0 Å². The average Bonchev–Trinajstić information content (AvgIpc) is 3.32. The van der Waals surface area contributed by atoms with E-state index < -0.39 is 0 Å². The van der Waals surface area contributed by atoms with Crippen LogP contribution in [0.4, 0.5) is 0 Å². The zero-order chi connectivity index (χ0) is 18.6. The summed E-state index contributed by atoms with van der Waals surface area (Å²) in [4.78, 5) is 4.08. The number of aryl methyl sites for hydroxylation is 2. The molecule has 0 bridgehead atoms. The Kier molecular flexibility index (Phi) is 4.85. The highest BCUT2D eigenvalue weighted by molar-refractivity contribution is 5.37. The van der Waals surface area contributed by atoms with Crippen molar-refractivity contribution in [2.24, 2.45) is 0 Å². The lowest BCUT2D eigenvalue weighted by molar-refractivity contribution is 0.692. The van der Waals surface area contributed by atoms with Gasteiger partial charge in [-0.25, -0.2) is 9.67 Å². The van der Waals surface area contributed by atoms with Crippen molar-refractivity contribution in [1.29, 1.82) is 0 Å². The van der Waals surface area contributed by atoms with Gasteiger partial charge >= 0.3 is 0 Å². The topological polar surface area (TPSA) is 47.7 Å². The molecule has 0 spiro atoms. The molecule has 4 rings (SSSR count). The first kappa shape index (κ1) is 17.2.